The van der Waals surface area contributed by atoms with E-state index in [4.69, 9.17) is 0 Å². The molecule has 0 aliphatic carbocycles. The molecule has 0 fully saturated rings. The van der Waals surface area contributed by atoms with Gasteiger partial charge < -0.3 is 14.4 Å². The quantitative estimate of drug-likeness (QED) is 0.164. The molecule has 11 rings (SSSR count). The molecule has 3 heterocycles. The van der Waals surface area contributed by atoms with Gasteiger partial charge in [0, 0.05) is 32.2 Å². The standard InChI is InChI=1S/C51H41N2OP.C2H6/c1-50(2)38-22-10-14-26-42(38)52(43-27-15-11-23-39(43)50)46-30-36-37-31-47(53-44-28-16-12-24-40(44)51(3,4)41-25-13-17-29-45(41)53)33-19-7-9-21-35(33)49(37)55(5,54)48(36)34-20-8-6-18-32(34)46;1-2/h6-31H,1-5H3;1-2H3. The summed E-state index contributed by atoms with van der Waals surface area (Å²) in [4.78, 5) is 4.91. The van der Waals surface area contributed by atoms with Gasteiger partial charge in [-0.1, -0.05) is 163 Å². The molecule has 0 saturated heterocycles. The molecule has 8 aromatic carbocycles. The fourth-order valence-corrected chi connectivity index (χ4v) is 13.2. The zero-order chi connectivity index (χ0) is 39.4. The lowest BCUT2D eigenvalue weighted by molar-refractivity contribution is 0.591. The topological polar surface area (TPSA) is 23.6 Å². The van der Waals surface area contributed by atoms with Crippen LogP contribution in [0.4, 0.5) is 34.1 Å². The number of nitrogens with zero attached hydrogens (tertiary/aromatic N) is 2. The molecule has 3 aliphatic rings. The highest BCUT2D eigenvalue weighted by Gasteiger charge is 2.43. The maximum Gasteiger partial charge on any atom is 0.142 e. The molecular formula is C53H47N2OP. The number of para-hydroxylation sites is 4. The van der Waals surface area contributed by atoms with Gasteiger partial charge in [0.1, 0.15) is 7.14 Å². The fourth-order valence-electron chi connectivity index (χ4n) is 10.4. The van der Waals surface area contributed by atoms with Crippen LogP contribution in [0.15, 0.2) is 158 Å². The average Bonchev–Trinajstić information content (AvgIpc) is 3.47. The van der Waals surface area contributed by atoms with E-state index in [1.54, 1.807) is 0 Å². The van der Waals surface area contributed by atoms with Crippen molar-refractivity contribution in [3.63, 3.8) is 0 Å². The van der Waals surface area contributed by atoms with Gasteiger partial charge in [-0.05, 0) is 87.2 Å². The number of fused-ring (bicyclic) bond motifs is 11. The normalized spacial score (nSPS) is 16.1. The molecule has 0 spiro atoms. The summed E-state index contributed by atoms with van der Waals surface area (Å²) >= 11 is 0. The highest BCUT2D eigenvalue weighted by atomic mass is 31.2. The molecule has 57 heavy (non-hydrogen) atoms. The van der Waals surface area contributed by atoms with Crippen molar-refractivity contribution in [3.05, 3.63) is 180 Å². The van der Waals surface area contributed by atoms with Crippen LogP contribution in [-0.4, -0.2) is 6.66 Å². The third kappa shape index (κ3) is 4.76. The summed E-state index contributed by atoms with van der Waals surface area (Å²) in [6.45, 7) is 15.3. The Bertz CT molecular complexity index is 2710. The Balaban J connectivity index is 0.00000195. The minimum absolute atomic E-state index is 0.175. The van der Waals surface area contributed by atoms with Crippen molar-refractivity contribution in [3.8, 4) is 11.1 Å². The van der Waals surface area contributed by atoms with Crippen molar-refractivity contribution < 1.29 is 4.57 Å². The van der Waals surface area contributed by atoms with Gasteiger partial charge in [0.05, 0.1) is 34.1 Å². The Kier molecular flexibility index (Phi) is 7.82. The Morgan fingerprint density at radius 3 is 0.965 bits per heavy atom. The van der Waals surface area contributed by atoms with Crippen LogP contribution < -0.4 is 20.4 Å². The van der Waals surface area contributed by atoms with Crippen molar-refractivity contribution in [1.29, 1.82) is 0 Å². The molecule has 3 nitrogen and oxygen atoms in total. The van der Waals surface area contributed by atoms with Gasteiger partial charge in [-0.3, -0.25) is 0 Å². The molecule has 0 unspecified atom stereocenters. The predicted octanol–water partition coefficient (Wildman–Crippen LogP) is 14.2. The summed E-state index contributed by atoms with van der Waals surface area (Å²) in [5, 5.41) is 6.24. The first kappa shape index (κ1) is 35.5. The van der Waals surface area contributed by atoms with Crippen LogP contribution in [0.25, 0.3) is 32.7 Å². The number of hydrogen-bond donors (Lipinski definition) is 0. The Morgan fingerprint density at radius 2 is 0.649 bits per heavy atom. The first-order chi connectivity index (χ1) is 27.6. The molecule has 8 aromatic rings. The molecule has 3 aliphatic heterocycles. The second kappa shape index (κ2) is 12.6. The lowest BCUT2D eigenvalue weighted by Crippen LogP contribution is -2.30. The summed E-state index contributed by atoms with van der Waals surface area (Å²) in [6, 6.07) is 57.3. The summed E-state index contributed by atoms with van der Waals surface area (Å²) in [5.74, 6) is 0. The van der Waals surface area contributed by atoms with Crippen LogP contribution in [0.2, 0.25) is 0 Å². The summed E-state index contributed by atoms with van der Waals surface area (Å²) in [7, 11) is -3.08. The third-order valence-corrected chi connectivity index (χ3v) is 15.6. The van der Waals surface area contributed by atoms with E-state index in [9.17, 15) is 0 Å². The van der Waals surface area contributed by atoms with Gasteiger partial charge in [-0.25, -0.2) is 0 Å². The maximum atomic E-state index is 15.8. The van der Waals surface area contributed by atoms with Gasteiger partial charge >= 0.3 is 0 Å². The highest BCUT2D eigenvalue weighted by molar-refractivity contribution is 7.80. The van der Waals surface area contributed by atoms with Gasteiger partial charge in [0.15, 0.2) is 0 Å². The second-order valence-electron chi connectivity index (χ2n) is 16.6. The number of benzene rings is 8. The SMILES string of the molecule is CC.CC1(C)c2ccccc2N(c2cc3c(c4ccccc24)P(C)(=O)c2c-3cc(N3c4ccccc4C(C)(C)c4ccccc43)c3ccccc23)c2ccccc21. The van der Waals surface area contributed by atoms with Gasteiger partial charge in [0.2, 0.25) is 0 Å². The van der Waals surface area contributed by atoms with Crippen LogP contribution in [0, 0.1) is 0 Å². The Labute approximate surface area is 336 Å². The maximum absolute atomic E-state index is 15.8. The van der Waals surface area contributed by atoms with E-state index < -0.39 is 7.14 Å². The first-order valence-electron chi connectivity index (χ1n) is 20.3. The van der Waals surface area contributed by atoms with E-state index in [0.29, 0.717) is 0 Å². The van der Waals surface area contributed by atoms with E-state index in [1.165, 1.54) is 45.0 Å². The van der Waals surface area contributed by atoms with Crippen molar-refractivity contribution in [2.24, 2.45) is 0 Å². The molecule has 280 valence electrons. The lowest BCUT2D eigenvalue weighted by Gasteiger charge is -2.42. The van der Waals surface area contributed by atoms with Gasteiger partial charge in [-0.15, -0.1) is 0 Å². The van der Waals surface area contributed by atoms with Gasteiger partial charge in [-0.2, -0.15) is 0 Å². The molecule has 0 aromatic heterocycles. The molecule has 0 amide bonds. The minimum atomic E-state index is -3.08. The first-order valence-corrected chi connectivity index (χ1v) is 22.4. The number of hydrogen-bond acceptors (Lipinski definition) is 3. The van der Waals surface area contributed by atoms with E-state index in [-0.39, 0.29) is 10.8 Å². The zero-order valence-corrected chi connectivity index (χ0v) is 34.7. The van der Waals surface area contributed by atoms with E-state index >= 15 is 4.57 Å². The molecule has 0 bridgehead atoms. The van der Waals surface area contributed by atoms with E-state index in [0.717, 1.165) is 54.7 Å². The molecule has 0 radical (unpaired) electrons. The van der Waals surface area contributed by atoms with Crippen LogP contribution in [0.5, 0.6) is 0 Å². The molecule has 0 atom stereocenters. The fraction of sp³-hybridized carbons (Fsp3) is 0.170. The highest BCUT2D eigenvalue weighted by Crippen LogP contribution is 2.60. The summed E-state index contributed by atoms with van der Waals surface area (Å²) in [6.07, 6.45) is 0. The lowest BCUT2D eigenvalue weighted by atomic mass is 9.73. The monoisotopic (exact) mass is 758 g/mol. The smallest absolute Gasteiger partial charge is 0.142 e. The number of anilines is 6. The van der Waals surface area contributed by atoms with Crippen LogP contribution in [0.3, 0.4) is 0 Å². The summed E-state index contributed by atoms with van der Waals surface area (Å²) in [5.41, 5.74) is 13.8. The van der Waals surface area contributed by atoms with Crippen LogP contribution in [-0.2, 0) is 15.4 Å². The third-order valence-electron chi connectivity index (χ3n) is 12.9. The van der Waals surface area contributed by atoms with Crippen molar-refractivity contribution in [2.75, 3.05) is 16.5 Å². The predicted molar refractivity (Wildman–Crippen MR) is 245 cm³/mol. The zero-order valence-electron chi connectivity index (χ0n) is 33.8. The Hall–Kier alpha value is -5.89. The minimum Gasteiger partial charge on any atom is -0.314 e. The largest absolute Gasteiger partial charge is 0.314 e. The van der Waals surface area contributed by atoms with Crippen molar-refractivity contribution in [2.45, 2.75) is 52.4 Å². The second-order valence-corrected chi connectivity index (χ2v) is 19.3. The van der Waals surface area contributed by atoms with Crippen LogP contribution in [0.1, 0.15) is 63.8 Å². The Morgan fingerprint density at radius 1 is 0.386 bits per heavy atom. The molecule has 0 saturated carbocycles. The average molecular weight is 759 g/mol. The number of rotatable bonds is 2. The summed E-state index contributed by atoms with van der Waals surface area (Å²) < 4.78 is 15.8. The van der Waals surface area contributed by atoms with Crippen molar-refractivity contribution in [1.82, 2.24) is 0 Å². The molecule has 4 heteroatoms. The van der Waals surface area contributed by atoms with Crippen LogP contribution >= 0.6 is 7.14 Å². The van der Waals surface area contributed by atoms with E-state index in [2.05, 4.69) is 195 Å². The van der Waals surface area contributed by atoms with Gasteiger partial charge in [0.25, 0.3) is 0 Å². The molecule has 0 N–H and O–H groups in total. The van der Waals surface area contributed by atoms with Crippen molar-refractivity contribution >= 4 is 73.4 Å². The van der Waals surface area contributed by atoms with E-state index in [1.807, 2.05) is 20.5 Å². The molecular weight excluding hydrogens is 712 g/mol.